The fourth-order valence-corrected chi connectivity index (χ4v) is 4.85. The van der Waals surface area contributed by atoms with Crippen LogP contribution in [0.3, 0.4) is 0 Å². The lowest BCUT2D eigenvalue weighted by atomic mass is 10.1. The van der Waals surface area contributed by atoms with E-state index < -0.39 is 17.3 Å². The third-order valence-electron chi connectivity index (χ3n) is 7.25. The largest absolute Gasteiger partial charge is 0.453 e. The van der Waals surface area contributed by atoms with Crippen molar-refractivity contribution in [2.45, 2.75) is 18.9 Å². The van der Waals surface area contributed by atoms with Gasteiger partial charge in [0, 0.05) is 29.5 Å². The maximum atomic E-state index is 13.3. The van der Waals surface area contributed by atoms with Crippen LogP contribution in [0.25, 0.3) is 16.6 Å². The molecule has 13 heteroatoms. The molecule has 1 saturated heterocycles. The Hall–Kier alpha value is -5.56. The summed E-state index contributed by atoms with van der Waals surface area (Å²) < 4.78 is 20.5. The maximum absolute atomic E-state index is 13.3. The van der Waals surface area contributed by atoms with E-state index in [4.69, 9.17) is 4.74 Å². The van der Waals surface area contributed by atoms with Crippen LogP contribution in [0.1, 0.15) is 33.7 Å². The molecule has 0 radical (unpaired) electrons. The quantitative estimate of drug-likeness (QED) is 0.289. The zero-order valence-electron chi connectivity index (χ0n) is 23.6. The number of aromatic nitrogens is 5. The molecule has 0 unspecified atom stereocenters. The Kier molecular flexibility index (Phi) is 8.02. The van der Waals surface area contributed by atoms with Gasteiger partial charge in [-0.25, -0.2) is 19.3 Å². The number of hydrogen-bond donors (Lipinski definition) is 2. The SMILES string of the molecule is CN1CCC(NC(=O)c2cc3c(Oc4cnc(NC(=O)c5cccn(-c6ccc(F)cc6)c5=O)nc4)ccnc3cn2)CC1. The standard InChI is InChI=1S/C31H27FN8O4/c1-39-13-9-20(10-14-39)37-29(42)25-15-24-26(18-34-25)33-11-8-27(24)44-22-16-35-31(36-17-22)38-28(41)23-3-2-12-40(30(23)43)21-6-4-19(32)5-7-21/h2-8,11-12,15-18,20H,9-10,13-14H2,1H3,(H,37,42)(H,35,36,38,41). The summed E-state index contributed by atoms with van der Waals surface area (Å²) in [6.45, 7) is 1.85. The van der Waals surface area contributed by atoms with Crippen molar-refractivity contribution in [3.05, 3.63) is 107 Å². The van der Waals surface area contributed by atoms with Gasteiger partial charge in [0.05, 0.1) is 24.1 Å². The smallest absolute Gasteiger partial charge is 0.270 e. The molecular weight excluding hydrogens is 567 g/mol. The summed E-state index contributed by atoms with van der Waals surface area (Å²) in [6.07, 6.45) is 9.05. The first-order valence-electron chi connectivity index (χ1n) is 13.9. The average Bonchev–Trinajstić information content (AvgIpc) is 3.03. The Morgan fingerprint density at radius 3 is 2.45 bits per heavy atom. The third-order valence-corrected chi connectivity index (χ3v) is 7.25. The minimum atomic E-state index is -0.709. The minimum Gasteiger partial charge on any atom is -0.453 e. The molecular formula is C31H27FN8O4. The number of rotatable bonds is 7. The highest BCUT2D eigenvalue weighted by Crippen LogP contribution is 2.28. The lowest BCUT2D eigenvalue weighted by Crippen LogP contribution is -2.43. The predicted molar refractivity (Wildman–Crippen MR) is 160 cm³/mol. The molecule has 12 nitrogen and oxygen atoms in total. The van der Waals surface area contributed by atoms with Crippen molar-refractivity contribution < 1.29 is 18.7 Å². The summed E-state index contributed by atoms with van der Waals surface area (Å²) >= 11 is 0. The molecule has 2 amide bonds. The number of piperidine rings is 1. The Morgan fingerprint density at radius 1 is 0.955 bits per heavy atom. The van der Waals surface area contributed by atoms with Gasteiger partial charge < -0.3 is 15.0 Å². The molecule has 2 N–H and O–H groups in total. The van der Waals surface area contributed by atoms with Crippen LogP contribution < -0.4 is 20.9 Å². The molecule has 5 heterocycles. The van der Waals surface area contributed by atoms with Crippen LogP contribution in [0.5, 0.6) is 11.5 Å². The fourth-order valence-electron chi connectivity index (χ4n) is 4.85. The highest BCUT2D eigenvalue weighted by molar-refractivity contribution is 6.03. The summed E-state index contributed by atoms with van der Waals surface area (Å²) in [5.41, 5.74) is 0.469. The number of nitrogens with zero attached hydrogens (tertiary/aromatic N) is 6. The van der Waals surface area contributed by atoms with Crippen molar-refractivity contribution in [3.8, 4) is 17.2 Å². The number of ether oxygens (including phenoxy) is 1. The van der Waals surface area contributed by atoms with Gasteiger partial charge in [-0.15, -0.1) is 0 Å². The van der Waals surface area contributed by atoms with Crippen molar-refractivity contribution in [2.75, 3.05) is 25.5 Å². The first-order valence-corrected chi connectivity index (χ1v) is 13.9. The molecule has 1 aliphatic rings. The number of amides is 2. The molecule has 1 aromatic carbocycles. The van der Waals surface area contributed by atoms with Gasteiger partial charge in [0.25, 0.3) is 17.4 Å². The molecule has 0 spiro atoms. The molecule has 1 aliphatic heterocycles. The molecule has 0 atom stereocenters. The van der Waals surface area contributed by atoms with Crippen molar-refractivity contribution in [1.82, 2.24) is 34.7 Å². The molecule has 222 valence electrons. The van der Waals surface area contributed by atoms with Crippen molar-refractivity contribution >= 4 is 28.7 Å². The van der Waals surface area contributed by atoms with E-state index in [9.17, 15) is 18.8 Å². The van der Waals surface area contributed by atoms with E-state index in [2.05, 4.69) is 42.5 Å². The van der Waals surface area contributed by atoms with Crippen LogP contribution in [0.2, 0.25) is 0 Å². The number of anilines is 1. The Balaban J connectivity index is 1.15. The minimum absolute atomic E-state index is 0.0458. The van der Waals surface area contributed by atoms with Crippen molar-refractivity contribution in [2.24, 2.45) is 0 Å². The van der Waals surface area contributed by atoms with Crippen molar-refractivity contribution in [3.63, 3.8) is 0 Å². The van der Waals surface area contributed by atoms with Crippen LogP contribution in [0, 0.1) is 5.82 Å². The molecule has 44 heavy (non-hydrogen) atoms. The number of benzene rings is 1. The van der Waals surface area contributed by atoms with E-state index in [-0.39, 0.29) is 34.9 Å². The molecule has 6 rings (SSSR count). The number of hydrogen-bond acceptors (Lipinski definition) is 9. The van der Waals surface area contributed by atoms with E-state index >= 15 is 0 Å². The third kappa shape index (κ3) is 6.27. The van der Waals surface area contributed by atoms with Gasteiger partial charge in [0.1, 0.15) is 22.8 Å². The van der Waals surface area contributed by atoms with Crippen LogP contribution in [-0.2, 0) is 0 Å². The van der Waals surface area contributed by atoms with Gasteiger partial charge in [0.15, 0.2) is 5.75 Å². The second kappa shape index (κ2) is 12.4. The molecule has 0 saturated carbocycles. The number of likely N-dealkylation sites (tertiary alicyclic amines) is 1. The molecule has 0 bridgehead atoms. The Morgan fingerprint density at radius 2 is 1.70 bits per heavy atom. The summed E-state index contributed by atoms with van der Waals surface area (Å²) in [5.74, 6) is -0.776. The highest BCUT2D eigenvalue weighted by Gasteiger charge is 2.21. The van der Waals surface area contributed by atoms with Crippen LogP contribution in [0.15, 0.2) is 84.3 Å². The summed E-state index contributed by atoms with van der Waals surface area (Å²) in [4.78, 5) is 57.9. The average molecular weight is 595 g/mol. The zero-order valence-corrected chi connectivity index (χ0v) is 23.6. The van der Waals surface area contributed by atoms with Crippen LogP contribution in [0.4, 0.5) is 10.3 Å². The van der Waals surface area contributed by atoms with Crippen LogP contribution in [-0.4, -0.2) is 67.4 Å². The van der Waals surface area contributed by atoms with Crippen LogP contribution >= 0.6 is 0 Å². The van der Waals surface area contributed by atoms with Crippen molar-refractivity contribution in [1.29, 1.82) is 0 Å². The maximum Gasteiger partial charge on any atom is 0.270 e. The van der Waals surface area contributed by atoms with Gasteiger partial charge >= 0.3 is 0 Å². The first-order chi connectivity index (χ1) is 21.3. The number of halogens is 1. The van der Waals surface area contributed by atoms with Gasteiger partial charge in [-0.2, -0.15) is 0 Å². The summed E-state index contributed by atoms with van der Waals surface area (Å²) in [5, 5.41) is 6.15. The number of nitrogens with one attached hydrogen (secondary N) is 2. The van der Waals surface area contributed by atoms with Gasteiger partial charge in [-0.1, -0.05) is 0 Å². The van der Waals surface area contributed by atoms with E-state index in [0.717, 1.165) is 25.9 Å². The lowest BCUT2D eigenvalue weighted by Gasteiger charge is -2.29. The fraction of sp³-hybridized carbons (Fsp3) is 0.194. The second-order valence-electron chi connectivity index (χ2n) is 10.3. The lowest BCUT2D eigenvalue weighted by molar-refractivity contribution is 0.0911. The summed E-state index contributed by atoms with van der Waals surface area (Å²) in [6, 6.07) is 11.6. The van der Waals surface area contributed by atoms with Gasteiger partial charge in [-0.3, -0.25) is 29.3 Å². The Labute approximate surface area is 250 Å². The number of carbonyl (C=O) groups excluding carboxylic acids is 2. The molecule has 1 fully saturated rings. The van der Waals surface area contributed by atoms with Gasteiger partial charge in [-0.05, 0) is 81.5 Å². The monoisotopic (exact) mass is 594 g/mol. The molecule has 5 aromatic rings. The zero-order chi connectivity index (χ0) is 30.6. The highest BCUT2D eigenvalue weighted by atomic mass is 19.1. The predicted octanol–water partition coefficient (Wildman–Crippen LogP) is 3.58. The number of fused-ring (bicyclic) bond motifs is 1. The summed E-state index contributed by atoms with van der Waals surface area (Å²) in [7, 11) is 2.06. The number of pyridine rings is 3. The topological polar surface area (TPSA) is 144 Å². The normalized spacial score (nSPS) is 13.9. The molecule has 0 aliphatic carbocycles. The first kappa shape index (κ1) is 28.6. The van der Waals surface area contributed by atoms with Gasteiger partial charge in [0.2, 0.25) is 5.95 Å². The molecule has 4 aromatic heterocycles. The van der Waals surface area contributed by atoms with E-state index in [1.807, 2.05) is 0 Å². The van der Waals surface area contributed by atoms with E-state index in [1.54, 1.807) is 18.3 Å². The van der Waals surface area contributed by atoms with E-state index in [0.29, 0.717) is 22.3 Å². The second-order valence-corrected chi connectivity index (χ2v) is 10.3. The number of carbonyl (C=O) groups is 2. The Bertz CT molecular complexity index is 1890. The van der Waals surface area contributed by atoms with E-state index in [1.165, 1.54) is 65.8 Å².